The first kappa shape index (κ1) is 16.3. The number of carbonyl (C=O) groups is 1. The highest BCUT2D eigenvalue weighted by Crippen LogP contribution is 2.31. The van der Waals surface area contributed by atoms with Crippen molar-refractivity contribution in [2.75, 3.05) is 13.2 Å². The van der Waals surface area contributed by atoms with Gasteiger partial charge < -0.3 is 14.9 Å². The van der Waals surface area contributed by atoms with Crippen LogP contribution in [-0.4, -0.2) is 34.4 Å². The first-order chi connectivity index (χ1) is 10.5. The van der Waals surface area contributed by atoms with Crippen LogP contribution in [0.3, 0.4) is 0 Å². The molecule has 2 N–H and O–H groups in total. The molecule has 5 nitrogen and oxygen atoms in total. The van der Waals surface area contributed by atoms with Gasteiger partial charge in [-0.1, -0.05) is 0 Å². The summed E-state index contributed by atoms with van der Waals surface area (Å²) in [6.07, 6.45) is 2.56. The minimum Gasteiger partial charge on any atom is -0.508 e. The van der Waals surface area contributed by atoms with Crippen LogP contribution in [0.15, 0.2) is 17.5 Å². The molecule has 22 heavy (non-hydrogen) atoms. The molecule has 0 bridgehead atoms. The zero-order valence-electron chi connectivity index (χ0n) is 11.4. The smallest absolute Gasteiger partial charge is 0.355 e. The predicted octanol–water partition coefficient (Wildman–Crippen LogP) is 3.29. The zero-order valence-corrected chi connectivity index (χ0v) is 12.2. The number of hydrogen-bond acceptors (Lipinski definition) is 5. The van der Waals surface area contributed by atoms with Crippen LogP contribution in [0.25, 0.3) is 10.6 Å². The second kappa shape index (κ2) is 7.28. The fourth-order valence-electron chi connectivity index (χ4n) is 1.76. The number of phenols is 1. The van der Waals surface area contributed by atoms with Gasteiger partial charge in [-0.05, 0) is 12.8 Å². The molecule has 0 saturated carbocycles. The molecular weight excluding hydrogens is 316 g/mol. The van der Waals surface area contributed by atoms with E-state index in [4.69, 9.17) is 14.9 Å². The number of aromatic hydroxyl groups is 1. The minimum absolute atomic E-state index is 0.0857. The summed E-state index contributed by atoms with van der Waals surface area (Å²) in [5.41, 5.74) is -0.725. The fraction of sp³-hybridized carbons (Fsp3) is 0.286. The summed E-state index contributed by atoms with van der Waals surface area (Å²) in [4.78, 5) is 14.2. The second-order valence-corrected chi connectivity index (χ2v) is 5.31. The second-order valence-electron chi connectivity index (χ2n) is 4.45. The van der Waals surface area contributed by atoms with Crippen molar-refractivity contribution in [1.82, 2.24) is 4.98 Å². The number of rotatable bonds is 2. The van der Waals surface area contributed by atoms with Crippen LogP contribution in [-0.2, 0) is 4.74 Å². The van der Waals surface area contributed by atoms with E-state index in [9.17, 15) is 13.6 Å². The minimum atomic E-state index is -1.27. The molecule has 8 heteroatoms. The van der Waals surface area contributed by atoms with E-state index in [1.165, 1.54) is 18.2 Å². The average Bonchev–Trinajstić information content (AvgIpc) is 3.12. The average molecular weight is 329 g/mol. The van der Waals surface area contributed by atoms with Crippen LogP contribution in [0.5, 0.6) is 5.75 Å². The summed E-state index contributed by atoms with van der Waals surface area (Å²) < 4.78 is 31.8. The number of halogens is 2. The number of ether oxygens (including phenoxy) is 1. The van der Waals surface area contributed by atoms with E-state index in [1.807, 2.05) is 0 Å². The van der Waals surface area contributed by atoms with E-state index in [1.54, 1.807) is 0 Å². The molecule has 0 atom stereocenters. The number of aromatic carboxylic acids is 1. The van der Waals surface area contributed by atoms with Gasteiger partial charge in [0.05, 0.1) is 5.56 Å². The maximum atomic E-state index is 13.4. The predicted molar refractivity (Wildman–Crippen MR) is 76.1 cm³/mol. The maximum Gasteiger partial charge on any atom is 0.355 e. The fourth-order valence-corrected chi connectivity index (χ4v) is 2.60. The van der Waals surface area contributed by atoms with Crippen LogP contribution in [0, 0.1) is 11.6 Å². The van der Waals surface area contributed by atoms with Gasteiger partial charge in [0, 0.05) is 30.7 Å². The molecule has 2 aromatic rings. The van der Waals surface area contributed by atoms with E-state index in [0.29, 0.717) is 0 Å². The summed E-state index contributed by atoms with van der Waals surface area (Å²) in [5, 5.41) is 18.7. The number of nitrogens with zero attached hydrogens (tertiary/aromatic N) is 1. The molecular formula is C14H13F2NO4S. The molecule has 1 fully saturated rings. The SMILES string of the molecule is C1CCOC1.O=C(O)c1csc(-c2c(F)cc(O)cc2F)n1. The molecule has 1 aromatic carbocycles. The molecule has 3 rings (SSSR count). The van der Waals surface area contributed by atoms with E-state index >= 15 is 0 Å². The van der Waals surface area contributed by atoms with E-state index in [-0.39, 0.29) is 10.7 Å². The highest BCUT2D eigenvalue weighted by Gasteiger charge is 2.18. The Labute approximate surface area is 128 Å². The highest BCUT2D eigenvalue weighted by molar-refractivity contribution is 7.13. The lowest BCUT2D eigenvalue weighted by Crippen LogP contribution is -1.96. The van der Waals surface area contributed by atoms with Crippen LogP contribution in [0.4, 0.5) is 8.78 Å². The van der Waals surface area contributed by atoms with Gasteiger partial charge >= 0.3 is 5.97 Å². The summed E-state index contributed by atoms with van der Waals surface area (Å²) in [6, 6.07) is 1.47. The van der Waals surface area contributed by atoms with Gasteiger partial charge in [0.25, 0.3) is 0 Å². The summed E-state index contributed by atoms with van der Waals surface area (Å²) in [6.45, 7) is 2.00. The van der Waals surface area contributed by atoms with Crippen LogP contribution in [0.2, 0.25) is 0 Å². The monoisotopic (exact) mass is 329 g/mol. The van der Waals surface area contributed by atoms with E-state index in [2.05, 4.69) is 4.98 Å². The maximum absolute atomic E-state index is 13.4. The number of carboxylic acid groups (broad SMARTS) is 1. The molecule has 118 valence electrons. The van der Waals surface area contributed by atoms with Crippen LogP contribution >= 0.6 is 11.3 Å². The standard InChI is InChI=1S/C10H5F2NO3S.C4H8O/c11-5-1-4(14)2-6(12)8(5)9-13-7(3-17-9)10(15)16;1-2-4-5-3-1/h1-3,14H,(H,15,16);1-4H2. The van der Waals surface area contributed by atoms with Crippen LogP contribution < -0.4 is 0 Å². The van der Waals surface area contributed by atoms with Crippen molar-refractivity contribution in [3.63, 3.8) is 0 Å². The Hall–Kier alpha value is -2.06. The Morgan fingerprint density at radius 3 is 2.23 bits per heavy atom. The lowest BCUT2D eigenvalue weighted by atomic mass is 10.2. The third kappa shape index (κ3) is 3.99. The molecule has 0 aliphatic carbocycles. The van der Waals surface area contributed by atoms with E-state index in [0.717, 1.165) is 36.7 Å². The van der Waals surface area contributed by atoms with Crippen molar-refractivity contribution in [3.8, 4) is 16.3 Å². The summed E-state index contributed by atoms with van der Waals surface area (Å²) in [7, 11) is 0. The van der Waals surface area contributed by atoms with Gasteiger partial charge in [0.15, 0.2) is 5.69 Å². The van der Waals surface area contributed by atoms with Gasteiger partial charge in [0.1, 0.15) is 22.4 Å². The lowest BCUT2D eigenvalue weighted by molar-refractivity contribution is 0.0691. The van der Waals surface area contributed by atoms with Crippen molar-refractivity contribution in [3.05, 3.63) is 34.8 Å². The van der Waals surface area contributed by atoms with Crippen molar-refractivity contribution in [2.24, 2.45) is 0 Å². The molecule has 0 unspecified atom stereocenters. The third-order valence-corrected chi connectivity index (χ3v) is 3.65. The number of hydrogen-bond donors (Lipinski definition) is 2. The van der Waals surface area contributed by atoms with Gasteiger partial charge in [-0.3, -0.25) is 0 Å². The molecule has 0 radical (unpaired) electrons. The van der Waals surface area contributed by atoms with Gasteiger partial charge in [0.2, 0.25) is 0 Å². The molecule has 1 aliphatic rings. The Kier molecular flexibility index (Phi) is 5.40. The largest absolute Gasteiger partial charge is 0.508 e. The summed E-state index contributed by atoms with van der Waals surface area (Å²) in [5.74, 6) is -3.80. The lowest BCUT2D eigenvalue weighted by Gasteiger charge is -2.01. The van der Waals surface area contributed by atoms with Crippen molar-refractivity contribution in [1.29, 1.82) is 0 Å². The number of carboxylic acids is 1. The first-order valence-electron chi connectivity index (χ1n) is 6.44. The molecule has 1 saturated heterocycles. The van der Waals surface area contributed by atoms with E-state index < -0.39 is 28.9 Å². The molecule has 2 heterocycles. The third-order valence-electron chi connectivity index (χ3n) is 2.79. The summed E-state index contributed by atoms with van der Waals surface area (Å²) >= 11 is 0.812. The normalized spacial score (nSPS) is 13.5. The zero-order chi connectivity index (χ0) is 16.1. The van der Waals surface area contributed by atoms with Gasteiger partial charge in [-0.15, -0.1) is 11.3 Å². The first-order valence-corrected chi connectivity index (χ1v) is 7.32. The Bertz CT molecular complexity index is 640. The van der Waals surface area contributed by atoms with Crippen LogP contribution in [0.1, 0.15) is 23.3 Å². The van der Waals surface area contributed by atoms with Crippen molar-refractivity contribution in [2.45, 2.75) is 12.8 Å². The van der Waals surface area contributed by atoms with Crippen molar-refractivity contribution >= 4 is 17.3 Å². The Morgan fingerprint density at radius 1 is 1.23 bits per heavy atom. The molecule has 1 aliphatic heterocycles. The van der Waals surface area contributed by atoms with Gasteiger partial charge in [-0.2, -0.15) is 0 Å². The number of aromatic nitrogens is 1. The molecule has 0 spiro atoms. The number of thiazole rings is 1. The number of benzene rings is 1. The molecule has 1 aromatic heterocycles. The quantitative estimate of drug-likeness (QED) is 0.884. The number of phenolic OH excluding ortho intramolecular Hbond substituents is 1. The Balaban J connectivity index is 0.000000299. The van der Waals surface area contributed by atoms with Crippen molar-refractivity contribution < 1.29 is 28.5 Å². The topological polar surface area (TPSA) is 79.7 Å². The van der Waals surface area contributed by atoms with Gasteiger partial charge in [-0.25, -0.2) is 18.6 Å². The molecule has 0 amide bonds. The Morgan fingerprint density at radius 2 is 1.82 bits per heavy atom. The highest BCUT2D eigenvalue weighted by atomic mass is 32.1.